The van der Waals surface area contributed by atoms with Gasteiger partial charge in [0.25, 0.3) is 10.0 Å². The van der Waals surface area contributed by atoms with Crippen LogP contribution in [0.5, 0.6) is 0 Å². The number of hydrogen-bond acceptors (Lipinski definition) is 4. The second-order valence-corrected chi connectivity index (χ2v) is 6.34. The quantitative estimate of drug-likeness (QED) is 0.797. The monoisotopic (exact) mass is 272 g/mol. The van der Waals surface area contributed by atoms with Crippen molar-refractivity contribution in [3.8, 4) is 0 Å². The molecule has 1 atom stereocenters. The van der Waals surface area contributed by atoms with E-state index in [-0.39, 0.29) is 5.03 Å². The summed E-state index contributed by atoms with van der Waals surface area (Å²) in [5, 5.41) is 3.33. The van der Waals surface area contributed by atoms with Crippen LogP contribution in [0.15, 0.2) is 11.2 Å². The molecule has 1 saturated heterocycles. The lowest BCUT2D eigenvalue weighted by atomic mass is 10.1. The summed E-state index contributed by atoms with van der Waals surface area (Å²) in [6, 6.07) is 0. The molecule has 1 aromatic heterocycles. The van der Waals surface area contributed by atoms with Crippen molar-refractivity contribution < 1.29 is 8.42 Å². The summed E-state index contributed by atoms with van der Waals surface area (Å²) in [6.45, 7) is 6.82. The first kappa shape index (κ1) is 13.5. The van der Waals surface area contributed by atoms with Crippen LogP contribution in [0.1, 0.15) is 19.2 Å². The molecule has 2 rings (SSSR count). The van der Waals surface area contributed by atoms with Crippen molar-refractivity contribution in [1.29, 1.82) is 0 Å². The van der Waals surface area contributed by atoms with E-state index in [2.05, 4.69) is 15.0 Å². The first-order valence-corrected chi connectivity index (χ1v) is 7.75. The highest BCUT2D eigenvalue weighted by molar-refractivity contribution is 7.89. The molecule has 0 radical (unpaired) electrons. The number of aromatic nitrogens is 2. The smallest absolute Gasteiger partial charge is 0.259 e. The van der Waals surface area contributed by atoms with E-state index in [1.165, 1.54) is 0 Å². The van der Waals surface area contributed by atoms with Gasteiger partial charge in [0.15, 0.2) is 5.03 Å². The molecule has 1 fully saturated rings. The Labute approximate surface area is 108 Å². The Balaban J connectivity index is 2.04. The Morgan fingerprint density at radius 1 is 1.61 bits per heavy atom. The number of rotatable bonds is 5. The van der Waals surface area contributed by atoms with Crippen LogP contribution in [0.25, 0.3) is 0 Å². The zero-order valence-corrected chi connectivity index (χ0v) is 11.6. The molecule has 0 bridgehead atoms. The fourth-order valence-electron chi connectivity index (χ4n) is 2.12. The molecule has 0 aliphatic carbocycles. The van der Waals surface area contributed by atoms with E-state index in [4.69, 9.17) is 0 Å². The summed E-state index contributed by atoms with van der Waals surface area (Å²) in [4.78, 5) is 4.10. The van der Waals surface area contributed by atoms with Crippen molar-refractivity contribution in [3.63, 3.8) is 0 Å². The summed E-state index contributed by atoms with van der Waals surface area (Å²) in [6.07, 6.45) is 2.61. The zero-order chi connectivity index (χ0) is 13.2. The lowest BCUT2D eigenvalue weighted by Gasteiger charge is -2.08. The van der Waals surface area contributed by atoms with Crippen molar-refractivity contribution in [2.45, 2.75) is 31.8 Å². The molecular weight excluding hydrogens is 252 g/mol. The minimum atomic E-state index is -3.47. The van der Waals surface area contributed by atoms with Crippen molar-refractivity contribution in [3.05, 3.63) is 12.0 Å². The number of hydrogen-bond donors (Lipinski definition) is 2. The summed E-state index contributed by atoms with van der Waals surface area (Å²) in [7, 11) is -3.47. The highest BCUT2D eigenvalue weighted by Gasteiger charge is 2.22. The first-order valence-electron chi connectivity index (χ1n) is 6.27. The Hall–Kier alpha value is -0.920. The summed E-state index contributed by atoms with van der Waals surface area (Å²) in [5.41, 5.74) is 0. The number of imidazole rings is 1. The molecule has 1 unspecified atom stereocenters. The van der Waals surface area contributed by atoms with Gasteiger partial charge >= 0.3 is 0 Å². The number of nitrogens with zero attached hydrogens (tertiary/aromatic N) is 2. The van der Waals surface area contributed by atoms with Gasteiger partial charge in [0, 0.05) is 19.3 Å². The van der Waals surface area contributed by atoms with Gasteiger partial charge in [-0.3, -0.25) is 0 Å². The van der Waals surface area contributed by atoms with Crippen LogP contribution in [-0.4, -0.2) is 37.6 Å². The summed E-state index contributed by atoms with van der Waals surface area (Å²) in [5.74, 6) is 1.11. The Morgan fingerprint density at radius 3 is 2.94 bits per heavy atom. The summed E-state index contributed by atoms with van der Waals surface area (Å²) >= 11 is 0. The standard InChI is InChI=1S/C11H20N4O2S/c1-3-15-8-11(14-9(15)2)18(16,17)13-7-10-4-5-12-6-10/h8,10,12-13H,3-7H2,1-2H3. The fourth-order valence-corrected chi connectivity index (χ4v) is 3.24. The van der Waals surface area contributed by atoms with E-state index < -0.39 is 10.0 Å². The molecule has 0 aromatic carbocycles. The van der Waals surface area contributed by atoms with Gasteiger partial charge in [-0.2, -0.15) is 0 Å². The lowest BCUT2D eigenvalue weighted by Crippen LogP contribution is -2.30. The molecule has 0 spiro atoms. The van der Waals surface area contributed by atoms with Crippen molar-refractivity contribution >= 4 is 10.0 Å². The maximum absolute atomic E-state index is 12.1. The SMILES string of the molecule is CCn1cc(S(=O)(=O)NCC2CCNC2)nc1C. The van der Waals surface area contributed by atoms with Crippen LogP contribution >= 0.6 is 0 Å². The maximum Gasteiger partial charge on any atom is 0.259 e. The number of sulfonamides is 1. The molecule has 2 N–H and O–H groups in total. The molecule has 2 heterocycles. The van der Waals surface area contributed by atoms with Crippen LogP contribution in [0, 0.1) is 12.8 Å². The third-order valence-corrected chi connectivity index (χ3v) is 4.59. The minimum absolute atomic E-state index is 0.118. The van der Waals surface area contributed by atoms with Crippen molar-refractivity contribution in [1.82, 2.24) is 19.6 Å². The minimum Gasteiger partial charge on any atom is -0.334 e. The Kier molecular flexibility index (Phi) is 4.04. The average Bonchev–Trinajstić information content (AvgIpc) is 2.95. The molecule has 6 nitrogen and oxygen atoms in total. The molecule has 102 valence electrons. The van der Waals surface area contributed by atoms with Gasteiger partial charge in [0.2, 0.25) is 0 Å². The lowest BCUT2D eigenvalue weighted by molar-refractivity contribution is 0.537. The second-order valence-electron chi connectivity index (χ2n) is 4.62. The topological polar surface area (TPSA) is 76.0 Å². The third kappa shape index (κ3) is 2.90. The number of aryl methyl sites for hydroxylation is 2. The van der Waals surface area contributed by atoms with Gasteiger partial charge in [-0.05, 0) is 39.3 Å². The molecule has 1 aromatic rings. The third-order valence-electron chi connectivity index (χ3n) is 3.29. The van der Waals surface area contributed by atoms with Gasteiger partial charge in [0.1, 0.15) is 5.82 Å². The molecule has 0 amide bonds. The summed E-state index contributed by atoms with van der Waals surface area (Å²) < 4.78 is 28.6. The van der Waals surface area contributed by atoms with Crippen molar-refractivity contribution in [2.24, 2.45) is 5.92 Å². The second kappa shape index (κ2) is 5.38. The van der Waals surface area contributed by atoms with E-state index in [0.29, 0.717) is 12.5 Å². The van der Waals surface area contributed by atoms with E-state index in [9.17, 15) is 8.42 Å². The molecule has 7 heteroatoms. The van der Waals surface area contributed by atoms with Gasteiger partial charge in [0.05, 0.1) is 0 Å². The largest absolute Gasteiger partial charge is 0.334 e. The molecule has 1 aliphatic heterocycles. The Morgan fingerprint density at radius 2 is 2.39 bits per heavy atom. The highest BCUT2D eigenvalue weighted by Crippen LogP contribution is 2.11. The normalized spacial score (nSPS) is 20.4. The zero-order valence-electron chi connectivity index (χ0n) is 10.8. The van der Waals surface area contributed by atoms with E-state index in [1.54, 1.807) is 6.20 Å². The van der Waals surface area contributed by atoms with Crippen molar-refractivity contribution in [2.75, 3.05) is 19.6 Å². The van der Waals surface area contributed by atoms with E-state index in [1.807, 2.05) is 18.4 Å². The molecular formula is C11H20N4O2S. The van der Waals surface area contributed by atoms with Crippen LogP contribution < -0.4 is 10.0 Å². The fraction of sp³-hybridized carbons (Fsp3) is 0.727. The van der Waals surface area contributed by atoms with E-state index in [0.717, 1.165) is 31.9 Å². The van der Waals surface area contributed by atoms with Crippen LogP contribution in [0.3, 0.4) is 0 Å². The predicted molar refractivity (Wildman–Crippen MR) is 68.8 cm³/mol. The average molecular weight is 272 g/mol. The highest BCUT2D eigenvalue weighted by atomic mass is 32.2. The Bertz CT molecular complexity index is 503. The van der Waals surface area contributed by atoms with Crippen LogP contribution in [0.4, 0.5) is 0 Å². The first-order chi connectivity index (χ1) is 8.53. The molecule has 0 saturated carbocycles. The number of nitrogens with one attached hydrogen (secondary N) is 2. The van der Waals surface area contributed by atoms with Gasteiger partial charge in [-0.25, -0.2) is 18.1 Å². The van der Waals surface area contributed by atoms with Crippen LogP contribution in [0.2, 0.25) is 0 Å². The van der Waals surface area contributed by atoms with Gasteiger partial charge in [-0.1, -0.05) is 0 Å². The van der Waals surface area contributed by atoms with Gasteiger partial charge in [-0.15, -0.1) is 0 Å². The van der Waals surface area contributed by atoms with Crippen LogP contribution in [-0.2, 0) is 16.6 Å². The molecule has 18 heavy (non-hydrogen) atoms. The molecule has 1 aliphatic rings. The van der Waals surface area contributed by atoms with E-state index >= 15 is 0 Å². The van der Waals surface area contributed by atoms with Gasteiger partial charge < -0.3 is 9.88 Å². The maximum atomic E-state index is 12.1. The predicted octanol–water partition coefficient (Wildman–Crippen LogP) is 0.0992.